The second-order valence-corrected chi connectivity index (χ2v) is 3.39. The molecule has 0 aromatic carbocycles. The van der Waals surface area contributed by atoms with E-state index >= 15 is 0 Å². The summed E-state index contributed by atoms with van der Waals surface area (Å²) in [5.74, 6) is 0. The first-order valence-electron chi connectivity index (χ1n) is 4.20. The molecule has 2 atom stereocenters. The molecule has 10 heavy (non-hydrogen) atoms. The van der Waals surface area contributed by atoms with Crippen LogP contribution in [0.4, 0.5) is 0 Å². The van der Waals surface area contributed by atoms with Crippen LogP contribution in [0.15, 0.2) is 0 Å². The highest BCUT2D eigenvalue weighted by atomic mass is 16.5. The van der Waals surface area contributed by atoms with Crippen molar-refractivity contribution in [1.82, 2.24) is 4.90 Å². The minimum Gasteiger partial charge on any atom is -0.375 e. The summed E-state index contributed by atoms with van der Waals surface area (Å²) in [4.78, 5) is 2.45. The molecule has 2 aliphatic rings. The van der Waals surface area contributed by atoms with Crippen molar-refractivity contribution in [1.29, 1.82) is 0 Å². The van der Waals surface area contributed by atoms with Gasteiger partial charge in [-0.25, -0.2) is 0 Å². The van der Waals surface area contributed by atoms with E-state index in [2.05, 4.69) is 11.9 Å². The highest BCUT2D eigenvalue weighted by Crippen LogP contribution is 2.28. The van der Waals surface area contributed by atoms with Gasteiger partial charge in [-0.1, -0.05) is 0 Å². The maximum Gasteiger partial charge on any atom is 0.0730 e. The Kier molecular flexibility index (Phi) is 1.66. The van der Waals surface area contributed by atoms with Crippen LogP contribution in [0.2, 0.25) is 0 Å². The summed E-state index contributed by atoms with van der Waals surface area (Å²) in [5.41, 5.74) is 0. The van der Waals surface area contributed by atoms with E-state index < -0.39 is 0 Å². The van der Waals surface area contributed by atoms with E-state index in [9.17, 15) is 0 Å². The van der Waals surface area contributed by atoms with Crippen LogP contribution in [-0.4, -0.2) is 37.2 Å². The topological polar surface area (TPSA) is 12.5 Å². The zero-order valence-electron chi connectivity index (χ0n) is 6.55. The van der Waals surface area contributed by atoms with Gasteiger partial charge in [-0.2, -0.15) is 0 Å². The number of rotatable bonds is 0. The minimum absolute atomic E-state index is 0.568. The number of hydrogen-bond donors (Lipinski definition) is 0. The fraction of sp³-hybridized carbons (Fsp3) is 1.00. The highest BCUT2D eigenvalue weighted by Gasteiger charge is 2.33. The molecule has 2 nitrogen and oxygen atoms in total. The number of likely N-dealkylation sites (N-methyl/N-ethyl adjacent to an activating group) is 1. The Morgan fingerprint density at radius 3 is 3.10 bits per heavy atom. The molecule has 58 valence electrons. The summed E-state index contributed by atoms with van der Waals surface area (Å²) in [6.07, 6.45) is 4.56. The van der Waals surface area contributed by atoms with Gasteiger partial charge in [0.1, 0.15) is 0 Å². The first kappa shape index (κ1) is 6.62. The lowest BCUT2D eigenvalue weighted by Gasteiger charge is -2.34. The van der Waals surface area contributed by atoms with Gasteiger partial charge < -0.3 is 4.74 Å². The number of hydrogen-bond acceptors (Lipinski definition) is 2. The molecule has 1 heterocycles. The van der Waals surface area contributed by atoms with Gasteiger partial charge in [0.05, 0.1) is 12.7 Å². The minimum atomic E-state index is 0.568. The number of ether oxygens (including phenoxy) is 1. The molecule has 2 rings (SSSR count). The highest BCUT2D eigenvalue weighted by molar-refractivity contribution is 4.87. The van der Waals surface area contributed by atoms with Crippen molar-refractivity contribution in [3.8, 4) is 0 Å². The normalized spacial score (nSPS) is 41.7. The van der Waals surface area contributed by atoms with E-state index in [1.54, 1.807) is 0 Å². The fourth-order valence-electron chi connectivity index (χ4n) is 2.12. The Morgan fingerprint density at radius 2 is 2.30 bits per heavy atom. The Hall–Kier alpha value is -0.0800. The van der Waals surface area contributed by atoms with Crippen molar-refractivity contribution in [3.63, 3.8) is 0 Å². The van der Waals surface area contributed by atoms with Gasteiger partial charge in [0.25, 0.3) is 0 Å². The van der Waals surface area contributed by atoms with Crippen LogP contribution < -0.4 is 0 Å². The average Bonchev–Trinajstić information content (AvgIpc) is 2.36. The van der Waals surface area contributed by atoms with E-state index in [1.165, 1.54) is 19.3 Å². The molecule has 0 amide bonds. The lowest BCUT2D eigenvalue weighted by molar-refractivity contribution is -0.0453. The van der Waals surface area contributed by atoms with Crippen LogP contribution in [0.1, 0.15) is 19.3 Å². The molecule has 1 saturated heterocycles. The third kappa shape index (κ3) is 0.956. The smallest absolute Gasteiger partial charge is 0.0730 e. The molecule has 0 aromatic rings. The molecule has 0 unspecified atom stereocenters. The summed E-state index contributed by atoms with van der Waals surface area (Å²) < 4.78 is 5.63. The lowest BCUT2D eigenvalue weighted by atomic mass is 10.1. The summed E-state index contributed by atoms with van der Waals surface area (Å²) in [5, 5.41) is 0. The molecule has 2 fully saturated rings. The van der Waals surface area contributed by atoms with Crippen LogP contribution in [0.3, 0.4) is 0 Å². The summed E-state index contributed by atoms with van der Waals surface area (Å²) >= 11 is 0. The second kappa shape index (κ2) is 2.51. The van der Waals surface area contributed by atoms with Crippen LogP contribution in [-0.2, 0) is 4.74 Å². The van der Waals surface area contributed by atoms with Crippen LogP contribution in [0, 0.1) is 0 Å². The van der Waals surface area contributed by atoms with E-state index in [0.717, 1.165) is 19.2 Å². The Balaban J connectivity index is 2.03. The Bertz CT molecular complexity index is 126. The van der Waals surface area contributed by atoms with Gasteiger partial charge in [-0.05, 0) is 26.3 Å². The molecule has 1 saturated carbocycles. The molecular weight excluding hydrogens is 126 g/mol. The summed E-state index contributed by atoms with van der Waals surface area (Å²) in [6.45, 7) is 2.07. The maximum atomic E-state index is 5.63. The third-order valence-electron chi connectivity index (χ3n) is 2.76. The van der Waals surface area contributed by atoms with Crippen LogP contribution in [0.5, 0.6) is 0 Å². The first-order chi connectivity index (χ1) is 4.88. The van der Waals surface area contributed by atoms with Crippen molar-refractivity contribution >= 4 is 0 Å². The molecule has 0 radical (unpaired) electrons. The molecule has 1 aliphatic heterocycles. The van der Waals surface area contributed by atoms with Crippen LogP contribution >= 0.6 is 0 Å². The third-order valence-corrected chi connectivity index (χ3v) is 2.76. The standard InChI is InChI=1S/C8H15NO/c1-9-5-6-10-8-4-2-3-7(8)9/h7-8H,2-6H2,1H3/t7-,8-/m1/s1. The largest absolute Gasteiger partial charge is 0.375 e. The maximum absolute atomic E-state index is 5.63. The van der Waals surface area contributed by atoms with Gasteiger partial charge in [0.15, 0.2) is 0 Å². The molecule has 0 bridgehead atoms. The fourth-order valence-corrected chi connectivity index (χ4v) is 2.12. The molecule has 0 spiro atoms. The number of nitrogens with zero attached hydrogens (tertiary/aromatic N) is 1. The van der Waals surface area contributed by atoms with Crippen molar-refractivity contribution in [2.24, 2.45) is 0 Å². The van der Waals surface area contributed by atoms with Gasteiger partial charge in [0, 0.05) is 12.6 Å². The summed E-state index contributed by atoms with van der Waals surface area (Å²) in [6, 6.07) is 0.744. The van der Waals surface area contributed by atoms with E-state index in [1.807, 2.05) is 0 Å². The number of morpholine rings is 1. The van der Waals surface area contributed by atoms with Gasteiger partial charge >= 0.3 is 0 Å². The van der Waals surface area contributed by atoms with Crippen molar-refractivity contribution in [2.45, 2.75) is 31.4 Å². The first-order valence-corrected chi connectivity index (χ1v) is 4.20. The molecule has 2 heteroatoms. The monoisotopic (exact) mass is 141 g/mol. The predicted octanol–water partition coefficient (Wildman–Crippen LogP) is 0.869. The average molecular weight is 141 g/mol. The molecule has 0 N–H and O–H groups in total. The molecular formula is C8H15NO. The quantitative estimate of drug-likeness (QED) is 0.496. The molecule has 1 aliphatic carbocycles. The zero-order chi connectivity index (χ0) is 6.97. The SMILES string of the molecule is CN1CCO[C@@H]2CCC[C@H]21. The van der Waals surface area contributed by atoms with Crippen molar-refractivity contribution < 1.29 is 4.74 Å². The van der Waals surface area contributed by atoms with Crippen molar-refractivity contribution in [3.05, 3.63) is 0 Å². The Labute approximate surface area is 62.2 Å². The second-order valence-electron chi connectivity index (χ2n) is 3.39. The van der Waals surface area contributed by atoms with Gasteiger partial charge in [-0.15, -0.1) is 0 Å². The molecule has 0 aromatic heterocycles. The lowest BCUT2D eigenvalue weighted by Crippen LogP contribution is -2.45. The van der Waals surface area contributed by atoms with E-state index in [4.69, 9.17) is 4.74 Å². The van der Waals surface area contributed by atoms with Crippen LogP contribution in [0.25, 0.3) is 0 Å². The predicted molar refractivity (Wildman–Crippen MR) is 40.0 cm³/mol. The van der Waals surface area contributed by atoms with Crippen molar-refractivity contribution in [2.75, 3.05) is 20.2 Å². The number of fused-ring (bicyclic) bond motifs is 1. The van der Waals surface area contributed by atoms with E-state index in [-0.39, 0.29) is 0 Å². The Morgan fingerprint density at radius 1 is 1.40 bits per heavy atom. The van der Waals surface area contributed by atoms with Gasteiger partial charge in [0.2, 0.25) is 0 Å². The zero-order valence-corrected chi connectivity index (χ0v) is 6.55. The van der Waals surface area contributed by atoms with E-state index in [0.29, 0.717) is 6.10 Å². The van der Waals surface area contributed by atoms with Gasteiger partial charge in [-0.3, -0.25) is 4.90 Å². The summed E-state index contributed by atoms with van der Waals surface area (Å²) in [7, 11) is 2.21.